The summed E-state index contributed by atoms with van der Waals surface area (Å²) < 4.78 is 3.61. The van der Waals surface area contributed by atoms with E-state index in [1.165, 1.54) is 48.4 Å². The lowest BCUT2D eigenvalue weighted by Crippen LogP contribution is -2.10. The van der Waals surface area contributed by atoms with Crippen molar-refractivity contribution in [2.24, 2.45) is 0 Å². The van der Waals surface area contributed by atoms with E-state index in [9.17, 15) is 0 Å². The van der Waals surface area contributed by atoms with Crippen LogP contribution in [0, 0.1) is 0 Å². The molecule has 9 aromatic carbocycles. The zero-order valence-electron chi connectivity index (χ0n) is 31.0. The van der Waals surface area contributed by atoms with Gasteiger partial charge in [-0.1, -0.05) is 146 Å². The molecule has 2 aromatic heterocycles. The topological polar surface area (TPSA) is 21.1 Å². The van der Waals surface area contributed by atoms with Gasteiger partial charge in [0.25, 0.3) is 0 Å². The van der Waals surface area contributed by atoms with Crippen LogP contribution in [-0.2, 0) is 0 Å². The summed E-state index contributed by atoms with van der Waals surface area (Å²) in [6.07, 6.45) is 0. The summed E-state index contributed by atoms with van der Waals surface area (Å²) in [4.78, 5) is 7.45. The number of hydrogen-bond acceptors (Lipinski definition) is 3. The quantitative estimate of drug-likeness (QED) is 0.162. The fourth-order valence-corrected chi connectivity index (χ4v) is 9.22. The van der Waals surface area contributed by atoms with Gasteiger partial charge in [-0.05, 0) is 94.4 Å². The molecule has 4 heteroatoms. The number of aromatic nitrogens is 2. The van der Waals surface area contributed by atoms with Crippen LogP contribution in [-0.4, -0.2) is 9.55 Å². The Morgan fingerprint density at radius 3 is 1.84 bits per heavy atom. The molecule has 0 radical (unpaired) electrons. The molecule has 11 rings (SSSR count). The van der Waals surface area contributed by atoms with Gasteiger partial charge in [0, 0.05) is 44.5 Å². The van der Waals surface area contributed by atoms with Gasteiger partial charge in [-0.15, -0.1) is 11.3 Å². The summed E-state index contributed by atoms with van der Waals surface area (Å²) in [5.41, 5.74) is 13.6. The molecular formula is C53H35N3S. The van der Waals surface area contributed by atoms with Gasteiger partial charge in [0.1, 0.15) is 5.01 Å². The van der Waals surface area contributed by atoms with Crippen molar-refractivity contribution in [2.75, 3.05) is 4.90 Å². The predicted octanol–water partition coefficient (Wildman–Crippen LogP) is 15.0. The van der Waals surface area contributed by atoms with Gasteiger partial charge in [-0.25, -0.2) is 4.98 Å². The van der Waals surface area contributed by atoms with Crippen LogP contribution in [0.25, 0.3) is 81.3 Å². The number of thiazole rings is 1. The van der Waals surface area contributed by atoms with E-state index in [4.69, 9.17) is 4.98 Å². The number of nitrogens with zero attached hydrogens (tertiary/aromatic N) is 3. The maximum absolute atomic E-state index is 5.06. The molecule has 0 saturated carbocycles. The van der Waals surface area contributed by atoms with Gasteiger partial charge in [0.05, 0.1) is 21.3 Å². The van der Waals surface area contributed by atoms with Crippen LogP contribution in [0.2, 0.25) is 0 Å². The first-order valence-corrected chi connectivity index (χ1v) is 20.1. The molecule has 0 aliphatic carbocycles. The Morgan fingerprint density at radius 2 is 1.04 bits per heavy atom. The minimum Gasteiger partial charge on any atom is -0.310 e. The van der Waals surface area contributed by atoms with Crippen LogP contribution in [0.5, 0.6) is 0 Å². The van der Waals surface area contributed by atoms with Crippen molar-refractivity contribution >= 4 is 71.2 Å². The van der Waals surface area contributed by atoms with E-state index >= 15 is 0 Å². The summed E-state index contributed by atoms with van der Waals surface area (Å²) in [7, 11) is 0. The summed E-state index contributed by atoms with van der Waals surface area (Å²) >= 11 is 1.74. The fraction of sp³-hybridized carbons (Fsp3) is 0. The van der Waals surface area contributed by atoms with E-state index in [-0.39, 0.29) is 0 Å². The molecule has 0 aliphatic rings. The molecule has 0 unspecified atom stereocenters. The average Bonchev–Trinajstić information content (AvgIpc) is 3.87. The highest BCUT2D eigenvalue weighted by molar-refractivity contribution is 7.21. The number of para-hydroxylation sites is 1. The van der Waals surface area contributed by atoms with Gasteiger partial charge in [-0.3, -0.25) is 0 Å². The number of benzene rings is 9. The summed E-state index contributed by atoms with van der Waals surface area (Å²) in [6.45, 7) is 0. The molecule has 0 saturated heterocycles. The molecule has 11 aromatic rings. The third kappa shape index (κ3) is 5.86. The number of rotatable bonds is 7. The Labute approximate surface area is 335 Å². The van der Waals surface area contributed by atoms with E-state index in [2.05, 4.69) is 216 Å². The Morgan fingerprint density at radius 1 is 0.404 bits per heavy atom. The van der Waals surface area contributed by atoms with Crippen molar-refractivity contribution in [2.45, 2.75) is 0 Å². The highest BCUT2D eigenvalue weighted by atomic mass is 32.1. The zero-order valence-corrected chi connectivity index (χ0v) is 31.8. The minimum absolute atomic E-state index is 1.02. The second kappa shape index (κ2) is 13.8. The van der Waals surface area contributed by atoms with E-state index < -0.39 is 0 Å². The normalized spacial score (nSPS) is 11.5. The molecule has 268 valence electrons. The van der Waals surface area contributed by atoms with Crippen LogP contribution in [0.1, 0.15) is 0 Å². The first-order chi connectivity index (χ1) is 28.2. The number of anilines is 3. The molecule has 0 fully saturated rings. The van der Waals surface area contributed by atoms with Gasteiger partial charge in [0.15, 0.2) is 0 Å². The Hall–Kier alpha value is -7.27. The molecule has 0 atom stereocenters. The van der Waals surface area contributed by atoms with Crippen molar-refractivity contribution in [1.29, 1.82) is 0 Å². The van der Waals surface area contributed by atoms with Crippen LogP contribution >= 0.6 is 11.3 Å². The zero-order chi connectivity index (χ0) is 37.7. The molecule has 3 nitrogen and oxygen atoms in total. The van der Waals surface area contributed by atoms with Crippen LogP contribution in [0.15, 0.2) is 212 Å². The van der Waals surface area contributed by atoms with Crippen LogP contribution < -0.4 is 4.90 Å². The lowest BCUT2D eigenvalue weighted by Gasteiger charge is -2.26. The largest absolute Gasteiger partial charge is 0.310 e. The number of hydrogen-bond donors (Lipinski definition) is 0. The second-order valence-corrected chi connectivity index (χ2v) is 15.5. The molecule has 0 spiro atoms. The van der Waals surface area contributed by atoms with Gasteiger partial charge < -0.3 is 9.47 Å². The molecular weight excluding hydrogens is 711 g/mol. The summed E-state index contributed by atoms with van der Waals surface area (Å²) in [5, 5.41) is 5.95. The number of fused-ring (bicyclic) bond motifs is 6. The standard InChI is InChI=1S/C53H35N3S/c1-4-13-36(14-5-1)37-23-27-43(28-24-37)55(44-21-12-18-40(33-44)41-26-32-51-49(34-41)54-53(57-51)39-16-6-2-7-17-39)45-29-31-50-48(35-45)47-30-25-38-15-10-11-22-46(38)52(47)56(50)42-19-8-3-9-20-42/h1-35H. The van der Waals surface area contributed by atoms with E-state index in [1.54, 1.807) is 11.3 Å². The third-order valence-electron chi connectivity index (χ3n) is 11.0. The third-order valence-corrected chi connectivity index (χ3v) is 12.1. The maximum Gasteiger partial charge on any atom is 0.124 e. The van der Waals surface area contributed by atoms with Crippen molar-refractivity contribution in [1.82, 2.24) is 9.55 Å². The van der Waals surface area contributed by atoms with E-state index in [0.29, 0.717) is 0 Å². The highest BCUT2D eigenvalue weighted by Gasteiger charge is 2.20. The average molecular weight is 746 g/mol. The van der Waals surface area contributed by atoms with Gasteiger partial charge in [-0.2, -0.15) is 0 Å². The van der Waals surface area contributed by atoms with Crippen molar-refractivity contribution < 1.29 is 0 Å². The van der Waals surface area contributed by atoms with Crippen LogP contribution in [0.3, 0.4) is 0 Å². The smallest absolute Gasteiger partial charge is 0.124 e. The maximum atomic E-state index is 5.06. The summed E-state index contributed by atoms with van der Waals surface area (Å²) in [5.74, 6) is 0. The summed E-state index contributed by atoms with van der Waals surface area (Å²) in [6, 6.07) is 76.4. The monoisotopic (exact) mass is 745 g/mol. The molecule has 2 heterocycles. The van der Waals surface area contributed by atoms with Crippen molar-refractivity contribution in [3.05, 3.63) is 212 Å². The van der Waals surface area contributed by atoms with Crippen molar-refractivity contribution in [3.63, 3.8) is 0 Å². The lowest BCUT2D eigenvalue weighted by atomic mass is 10.0. The SMILES string of the molecule is c1ccc(-c2ccc(N(c3cccc(-c4ccc5sc(-c6ccccc6)nc5c4)c3)c3ccc4c(c3)c3ccc5ccccc5c3n4-c3ccccc3)cc2)cc1. The van der Waals surface area contributed by atoms with E-state index in [1.807, 2.05) is 6.07 Å². The second-order valence-electron chi connectivity index (χ2n) is 14.4. The van der Waals surface area contributed by atoms with Crippen molar-refractivity contribution in [3.8, 4) is 38.5 Å². The molecule has 0 aliphatic heterocycles. The predicted molar refractivity (Wildman–Crippen MR) is 242 cm³/mol. The first-order valence-electron chi connectivity index (χ1n) is 19.3. The fourth-order valence-electron chi connectivity index (χ4n) is 8.27. The molecule has 0 bridgehead atoms. The highest BCUT2D eigenvalue weighted by Crippen LogP contribution is 2.43. The van der Waals surface area contributed by atoms with Gasteiger partial charge in [0.2, 0.25) is 0 Å². The lowest BCUT2D eigenvalue weighted by molar-refractivity contribution is 1.18. The van der Waals surface area contributed by atoms with E-state index in [0.717, 1.165) is 50.0 Å². The molecule has 57 heavy (non-hydrogen) atoms. The molecule has 0 amide bonds. The van der Waals surface area contributed by atoms with Gasteiger partial charge >= 0.3 is 0 Å². The Kier molecular flexibility index (Phi) is 8.01. The Bertz CT molecular complexity index is 3220. The molecule has 0 N–H and O–H groups in total. The first kappa shape index (κ1) is 33.1. The Balaban J connectivity index is 1.08. The van der Waals surface area contributed by atoms with Crippen LogP contribution in [0.4, 0.5) is 17.1 Å². The minimum atomic E-state index is 1.02.